The van der Waals surface area contributed by atoms with Crippen LogP contribution in [0.25, 0.3) is 0 Å². The molecule has 0 unspecified atom stereocenters. The average Bonchev–Trinajstić information content (AvgIpc) is 2.97. The van der Waals surface area contributed by atoms with E-state index in [0.717, 1.165) is 5.56 Å². The van der Waals surface area contributed by atoms with Crippen molar-refractivity contribution >= 4 is 33.1 Å². The highest BCUT2D eigenvalue weighted by molar-refractivity contribution is 7.92. The number of hydrogen-bond acceptors (Lipinski definition) is 4. The van der Waals surface area contributed by atoms with E-state index in [1.807, 2.05) is 6.92 Å². The summed E-state index contributed by atoms with van der Waals surface area (Å²) >= 11 is 0. The van der Waals surface area contributed by atoms with Crippen LogP contribution in [0.3, 0.4) is 0 Å². The minimum atomic E-state index is -3.35. The minimum absolute atomic E-state index is 0.0332. The smallest absolute Gasteiger partial charge is 0.255 e. The number of rotatable bonds is 5. The number of nitrogens with zero attached hydrogens (tertiary/aromatic N) is 1. The number of nitrogens with one attached hydrogen (secondary N) is 1. The summed E-state index contributed by atoms with van der Waals surface area (Å²) in [6.45, 7) is 4.95. The molecule has 0 radical (unpaired) electrons. The molecule has 1 heterocycles. The van der Waals surface area contributed by atoms with E-state index in [1.165, 1.54) is 11.2 Å². The third-order valence-electron chi connectivity index (χ3n) is 4.69. The highest BCUT2D eigenvalue weighted by Gasteiger charge is 2.34. The molecule has 1 aliphatic rings. The van der Waals surface area contributed by atoms with Crippen molar-refractivity contribution in [3.8, 4) is 0 Å². The van der Waals surface area contributed by atoms with Crippen molar-refractivity contribution in [3.63, 3.8) is 0 Å². The van der Waals surface area contributed by atoms with Crippen molar-refractivity contribution in [2.45, 2.75) is 33.2 Å². The second-order valence-electron chi connectivity index (χ2n) is 6.68. The van der Waals surface area contributed by atoms with Gasteiger partial charge in [-0.3, -0.25) is 13.9 Å². The predicted molar refractivity (Wildman–Crippen MR) is 106 cm³/mol. The maximum absolute atomic E-state index is 12.6. The van der Waals surface area contributed by atoms with E-state index < -0.39 is 10.0 Å². The van der Waals surface area contributed by atoms with Crippen LogP contribution in [0, 0.1) is 0 Å². The van der Waals surface area contributed by atoms with E-state index in [9.17, 15) is 18.0 Å². The highest BCUT2D eigenvalue weighted by Crippen LogP contribution is 2.35. The fraction of sp³-hybridized carbons (Fsp3) is 0.300. The molecule has 3 rings (SSSR count). The normalized spacial score (nSPS) is 16.1. The topological polar surface area (TPSA) is 83.6 Å². The molecule has 1 N–H and O–H groups in total. The molecule has 1 aliphatic heterocycles. The van der Waals surface area contributed by atoms with Gasteiger partial charge in [0, 0.05) is 22.9 Å². The third kappa shape index (κ3) is 3.73. The molecule has 0 bridgehead atoms. The van der Waals surface area contributed by atoms with Gasteiger partial charge in [-0.05, 0) is 63.1 Å². The van der Waals surface area contributed by atoms with Gasteiger partial charge >= 0.3 is 0 Å². The fourth-order valence-corrected chi connectivity index (χ4v) is 4.70. The Hall–Kier alpha value is -2.67. The summed E-state index contributed by atoms with van der Waals surface area (Å²) in [6, 6.07) is 11.6. The fourth-order valence-electron chi connectivity index (χ4n) is 3.33. The van der Waals surface area contributed by atoms with Crippen molar-refractivity contribution in [2.75, 3.05) is 15.4 Å². The maximum Gasteiger partial charge on any atom is 0.255 e. The van der Waals surface area contributed by atoms with Crippen LogP contribution in [-0.2, 0) is 16.4 Å². The molecule has 1 amide bonds. The molecular formula is C20H22N2O4S. The summed E-state index contributed by atoms with van der Waals surface area (Å²) in [5.41, 5.74) is 2.99. The molecule has 7 heteroatoms. The standard InChI is InChI=1S/C20H22N2O4S/c1-4-27(25,26)22-13(2)10-17-11-16(8-9-19(17)22)20(24)21-18-7-5-6-15(12-18)14(3)23/h5-9,11-13H,4,10H2,1-3H3,(H,21,24)/t13-/m0/s1. The zero-order valence-corrected chi connectivity index (χ0v) is 16.3. The molecule has 6 nitrogen and oxygen atoms in total. The molecular weight excluding hydrogens is 364 g/mol. The molecule has 1 atom stereocenters. The van der Waals surface area contributed by atoms with Gasteiger partial charge in [0.2, 0.25) is 10.0 Å². The van der Waals surface area contributed by atoms with Crippen molar-refractivity contribution in [1.29, 1.82) is 0 Å². The van der Waals surface area contributed by atoms with Gasteiger partial charge in [-0.2, -0.15) is 0 Å². The van der Waals surface area contributed by atoms with Gasteiger partial charge in [-0.15, -0.1) is 0 Å². The van der Waals surface area contributed by atoms with Crippen LogP contribution in [0.15, 0.2) is 42.5 Å². The van der Waals surface area contributed by atoms with E-state index >= 15 is 0 Å². The van der Waals surface area contributed by atoms with Crippen LogP contribution in [0.1, 0.15) is 47.1 Å². The summed E-state index contributed by atoms with van der Waals surface area (Å²) in [5, 5.41) is 2.79. The van der Waals surface area contributed by atoms with Gasteiger partial charge < -0.3 is 5.32 Å². The van der Waals surface area contributed by atoms with Gasteiger partial charge in [0.25, 0.3) is 5.91 Å². The summed E-state index contributed by atoms with van der Waals surface area (Å²) in [4.78, 5) is 24.1. The first-order valence-corrected chi connectivity index (χ1v) is 10.4. The predicted octanol–water partition coefficient (Wildman–Crippen LogP) is 3.24. The second-order valence-corrected chi connectivity index (χ2v) is 8.82. The highest BCUT2D eigenvalue weighted by atomic mass is 32.2. The Balaban J connectivity index is 1.86. The molecule has 27 heavy (non-hydrogen) atoms. The Morgan fingerprint density at radius 1 is 1.15 bits per heavy atom. The van der Waals surface area contributed by atoms with Crippen molar-refractivity contribution in [3.05, 3.63) is 59.2 Å². The van der Waals surface area contributed by atoms with Gasteiger partial charge in [0.15, 0.2) is 5.78 Å². The molecule has 0 saturated carbocycles. The number of hydrogen-bond donors (Lipinski definition) is 1. The SMILES string of the molecule is CCS(=O)(=O)N1c2ccc(C(=O)Nc3cccc(C(C)=O)c3)cc2C[C@@H]1C. The molecule has 0 fully saturated rings. The number of anilines is 2. The summed E-state index contributed by atoms with van der Waals surface area (Å²) in [7, 11) is -3.35. The van der Waals surface area contributed by atoms with Crippen LogP contribution < -0.4 is 9.62 Å². The Morgan fingerprint density at radius 2 is 1.89 bits per heavy atom. The van der Waals surface area contributed by atoms with E-state index in [2.05, 4.69) is 5.32 Å². The van der Waals surface area contributed by atoms with Crippen LogP contribution in [0.4, 0.5) is 11.4 Å². The molecule has 0 saturated heterocycles. The number of ketones is 1. The van der Waals surface area contributed by atoms with Gasteiger partial charge in [-0.25, -0.2) is 8.42 Å². The Kier molecular flexibility index (Phi) is 5.06. The largest absolute Gasteiger partial charge is 0.322 e. The van der Waals surface area contributed by atoms with Crippen LogP contribution in [-0.4, -0.2) is 31.9 Å². The average molecular weight is 386 g/mol. The van der Waals surface area contributed by atoms with E-state index in [0.29, 0.717) is 28.9 Å². The quantitative estimate of drug-likeness (QED) is 0.800. The number of amides is 1. The molecule has 0 spiro atoms. The first-order valence-electron chi connectivity index (χ1n) is 8.80. The zero-order valence-electron chi connectivity index (χ0n) is 15.5. The molecule has 0 aromatic heterocycles. The van der Waals surface area contributed by atoms with Crippen molar-refractivity contribution < 1.29 is 18.0 Å². The minimum Gasteiger partial charge on any atom is -0.322 e. The van der Waals surface area contributed by atoms with Crippen LogP contribution in [0.2, 0.25) is 0 Å². The number of Topliss-reactive ketones (excluding diaryl/α,β-unsaturated/α-hetero) is 1. The molecule has 2 aromatic rings. The lowest BCUT2D eigenvalue weighted by Gasteiger charge is -2.23. The third-order valence-corrected chi connectivity index (χ3v) is 6.57. The Labute approximate surface area is 159 Å². The lowest BCUT2D eigenvalue weighted by atomic mass is 10.1. The number of carbonyl (C=O) groups excluding carboxylic acids is 2. The zero-order chi connectivity index (χ0) is 19.8. The number of sulfonamides is 1. The Morgan fingerprint density at radius 3 is 2.56 bits per heavy atom. The summed E-state index contributed by atoms with van der Waals surface area (Å²) in [6.07, 6.45) is 0.565. The first kappa shape index (κ1) is 19.1. The maximum atomic E-state index is 12.6. The van der Waals surface area contributed by atoms with Crippen molar-refractivity contribution in [2.24, 2.45) is 0 Å². The summed E-state index contributed by atoms with van der Waals surface area (Å²) in [5.74, 6) is -0.344. The monoisotopic (exact) mass is 386 g/mol. The van der Waals surface area contributed by atoms with E-state index in [4.69, 9.17) is 0 Å². The lowest BCUT2D eigenvalue weighted by Crippen LogP contribution is -2.36. The number of benzene rings is 2. The van der Waals surface area contributed by atoms with Gasteiger partial charge in [-0.1, -0.05) is 12.1 Å². The van der Waals surface area contributed by atoms with Crippen molar-refractivity contribution in [1.82, 2.24) is 0 Å². The lowest BCUT2D eigenvalue weighted by molar-refractivity contribution is 0.101. The van der Waals surface area contributed by atoms with Crippen LogP contribution in [0.5, 0.6) is 0 Å². The number of carbonyl (C=O) groups is 2. The van der Waals surface area contributed by atoms with Crippen LogP contribution >= 0.6 is 0 Å². The molecule has 2 aromatic carbocycles. The molecule has 142 valence electrons. The number of fused-ring (bicyclic) bond motifs is 1. The summed E-state index contributed by atoms with van der Waals surface area (Å²) < 4.78 is 26.1. The van der Waals surface area contributed by atoms with E-state index in [-0.39, 0.29) is 23.5 Å². The second kappa shape index (κ2) is 7.15. The van der Waals surface area contributed by atoms with Gasteiger partial charge in [0.1, 0.15) is 0 Å². The Bertz CT molecular complexity index is 1010. The first-order chi connectivity index (χ1) is 12.7. The van der Waals surface area contributed by atoms with E-state index in [1.54, 1.807) is 49.4 Å². The molecule has 0 aliphatic carbocycles. The van der Waals surface area contributed by atoms with Gasteiger partial charge in [0.05, 0.1) is 11.4 Å².